The van der Waals surface area contributed by atoms with Crippen molar-refractivity contribution >= 4 is 52.7 Å². The van der Waals surface area contributed by atoms with E-state index >= 15 is 0 Å². The van der Waals surface area contributed by atoms with Crippen LogP contribution in [0.4, 0.5) is 0 Å². The van der Waals surface area contributed by atoms with Crippen LogP contribution in [0.3, 0.4) is 0 Å². The first-order chi connectivity index (χ1) is 41.2. The van der Waals surface area contributed by atoms with E-state index in [-0.39, 0.29) is 113 Å². The number of nitrogens with one attached hydrogen (secondary N) is 4. The van der Waals surface area contributed by atoms with Gasteiger partial charge in [-0.15, -0.1) is 0 Å². The van der Waals surface area contributed by atoms with Crippen LogP contribution in [0.15, 0.2) is 121 Å². The first kappa shape index (κ1) is 71.2. The molecule has 86 heavy (non-hydrogen) atoms. The number of hydrogen-bond donors (Lipinski definition) is 9. The number of Topliss-reactive ketones (excluding diaryl/α,β-unsaturated/α-hetero) is 4. The molecule has 18 heteroatoms. The lowest BCUT2D eigenvalue weighted by Crippen LogP contribution is -2.48. The maximum absolute atomic E-state index is 14.3. The molecule has 4 amide bonds. The molecule has 468 valence electrons. The summed E-state index contributed by atoms with van der Waals surface area (Å²) in [6.45, 7) is 8.27. The summed E-state index contributed by atoms with van der Waals surface area (Å²) in [5, 5.41) is 21.7. The number of rotatable bonds is 43. The van der Waals surface area contributed by atoms with E-state index in [1.165, 1.54) is 0 Å². The number of hydrogen-bond acceptors (Lipinski definition) is 13. The van der Waals surface area contributed by atoms with E-state index < -0.39 is 89.3 Å². The third-order valence-corrected chi connectivity index (χ3v) is 15.5. The van der Waals surface area contributed by atoms with Gasteiger partial charge in [-0.3, -0.25) is 38.4 Å². The van der Waals surface area contributed by atoms with Crippen molar-refractivity contribution in [1.82, 2.24) is 21.3 Å². The predicted octanol–water partition coefficient (Wildman–Crippen LogP) is 6.31. The lowest BCUT2D eigenvalue weighted by molar-refractivity contribution is -0.143. The van der Waals surface area contributed by atoms with Crippen molar-refractivity contribution in [3.63, 3.8) is 0 Å². The molecule has 4 aromatic carbocycles. The van der Waals surface area contributed by atoms with Gasteiger partial charge in [0.15, 0.2) is 23.1 Å². The van der Waals surface area contributed by atoms with Crippen molar-refractivity contribution in [2.75, 3.05) is 19.6 Å². The molecule has 0 bridgehead atoms. The highest BCUT2D eigenvalue weighted by Crippen LogP contribution is 2.23. The molecule has 4 aromatic rings. The van der Waals surface area contributed by atoms with E-state index in [0.29, 0.717) is 44.9 Å². The van der Waals surface area contributed by atoms with Crippen LogP contribution in [0.1, 0.15) is 133 Å². The van der Waals surface area contributed by atoms with Gasteiger partial charge in [0, 0.05) is 55.9 Å². The number of carbonyl (C=O) groups is 9. The first-order valence-corrected chi connectivity index (χ1v) is 30.8. The van der Waals surface area contributed by atoms with Gasteiger partial charge in [0.1, 0.15) is 6.04 Å². The van der Waals surface area contributed by atoms with Crippen molar-refractivity contribution in [2.45, 2.75) is 167 Å². The molecule has 0 aliphatic heterocycles. The van der Waals surface area contributed by atoms with Crippen molar-refractivity contribution in [3.05, 3.63) is 144 Å². The van der Waals surface area contributed by atoms with Gasteiger partial charge in [-0.25, -0.2) is 4.79 Å². The molecule has 0 heterocycles. The second kappa shape index (κ2) is 38.7. The number of carboxylic acid groups (broad SMARTS) is 1. The zero-order valence-electron chi connectivity index (χ0n) is 51.0. The van der Waals surface area contributed by atoms with E-state index in [1.807, 2.05) is 149 Å². The smallest absolute Gasteiger partial charge is 0.326 e. The van der Waals surface area contributed by atoms with Gasteiger partial charge in [-0.1, -0.05) is 149 Å². The Balaban J connectivity index is 1.37. The Hall–Kier alpha value is -7.25. The van der Waals surface area contributed by atoms with E-state index in [2.05, 4.69) is 21.3 Å². The molecule has 9 atom stereocenters. The second-order valence-corrected chi connectivity index (χ2v) is 23.9. The molecule has 13 N–H and O–H groups in total. The number of amides is 4. The highest BCUT2D eigenvalue weighted by molar-refractivity contribution is 5.96. The minimum Gasteiger partial charge on any atom is -0.480 e. The minimum absolute atomic E-state index is 0.00143. The molecule has 0 unspecified atom stereocenters. The summed E-state index contributed by atoms with van der Waals surface area (Å²) in [4.78, 5) is 124. The Kier molecular flexibility index (Phi) is 32.1. The molecule has 18 nitrogen and oxygen atoms in total. The largest absolute Gasteiger partial charge is 0.480 e. The number of carboxylic acids is 1. The molecule has 0 aliphatic rings. The fourth-order valence-electron chi connectivity index (χ4n) is 10.7. The highest BCUT2D eigenvalue weighted by Gasteiger charge is 2.35. The van der Waals surface area contributed by atoms with Gasteiger partial charge in [0.05, 0.1) is 24.2 Å². The SMILES string of the molecule is CC(C)C[C@@H](NC(=O)[C@H](CC(=O)[C@H](N)Cc1ccccc1)Cc1ccccc1)C(=O)C[C@H](CCCN)C(=O)NCCCC[C@@H](NC(=O)[C@@H](CCCN)CC(=O)[C@@H](CC(C)C)NC(=O)[C@H](CC(=O)[C@H](N)Cc1ccccc1)Cc1ccccc1)C(=O)O. The van der Waals surface area contributed by atoms with Crippen molar-refractivity contribution in [3.8, 4) is 0 Å². The van der Waals surface area contributed by atoms with E-state index in [4.69, 9.17) is 22.9 Å². The third kappa shape index (κ3) is 26.6. The first-order valence-electron chi connectivity index (χ1n) is 30.8. The van der Waals surface area contributed by atoms with Crippen LogP contribution in [0.25, 0.3) is 0 Å². The summed E-state index contributed by atoms with van der Waals surface area (Å²) in [6.07, 6.45) is 2.73. The maximum atomic E-state index is 14.3. The third-order valence-electron chi connectivity index (χ3n) is 15.5. The minimum atomic E-state index is -1.33. The number of aliphatic carboxylic acids is 1. The van der Waals surface area contributed by atoms with Crippen LogP contribution in [0.2, 0.25) is 0 Å². The van der Waals surface area contributed by atoms with Gasteiger partial charge in [-0.2, -0.15) is 0 Å². The fraction of sp³-hybridized carbons (Fsp3) is 0.515. The van der Waals surface area contributed by atoms with Crippen LogP contribution in [-0.2, 0) is 68.8 Å². The van der Waals surface area contributed by atoms with E-state index in [9.17, 15) is 48.3 Å². The lowest BCUT2D eigenvalue weighted by atomic mass is 9.88. The Morgan fingerprint density at radius 2 is 0.721 bits per heavy atom. The molecule has 0 saturated heterocycles. The molecule has 0 aromatic heterocycles. The fourth-order valence-corrected chi connectivity index (χ4v) is 10.7. The number of unbranched alkanes of at least 4 members (excludes halogenated alkanes) is 1. The predicted molar refractivity (Wildman–Crippen MR) is 335 cm³/mol. The molecule has 0 aliphatic carbocycles. The molecule has 0 fully saturated rings. The summed E-state index contributed by atoms with van der Waals surface area (Å²) in [5.41, 5.74) is 27.9. The summed E-state index contributed by atoms with van der Waals surface area (Å²) in [7, 11) is 0. The quantitative estimate of drug-likeness (QED) is 0.0220. The van der Waals surface area contributed by atoms with Crippen LogP contribution >= 0.6 is 0 Å². The van der Waals surface area contributed by atoms with Gasteiger partial charge >= 0.3 is 5.97 Å². The zero-order valence-corrected chi connectivity index (χ0v) is 51.0. The molecule has 0 spiro atoms. The molecular weight excluding hydrogens is 1090 g/mol. The highest BCUT2D eigenvalue weighted by atomic mass is 16.4. The van der Waals surface area contributed by atoms with Crippen molar-refractivity contribution in [1.29, 1.82) is 0 Å². The van der Waals surface area contributed by atoms with Crippen molar-refractivity contribution < 1.29 is 48.3 Å². The molecule has 0 saturated carbocycles. The average molecular weight is 1190 g/mol. The molecule has 0 radical (unpaired) electrons. The van der Waals surface area contributed by atoms with E-state index in [1.54, 1.807) is 0 Å². The molecule has 4 rings (SSSR count). The topological polar surface area (TPSA) is 326 Å². The molecular formula is C68H96N8O10. The monoisotopic (exact) mass is 1180 g/mol. The van der Waals surface area contributed by atoms with Crippen LogP contribution in [0.5, 0.6) is 0 Å². The van der Waals surface area contributed by atoms with Crippen LogP contribution < -0.4 is 44.2 Å². The Bertz CT molecular complexity index is 2730. The standard InChI is InChI=1S/C68H96N8O10/c1-45(2)35-58(75-66(83)53(37-47-21-9-5-10-22-47)43-60(77)55(71)39-49-25-13-7-14-26-49)62(79)41-51(29-19-32-69)64(81)73-34-18-17-31-57(68(85)86)74-65(82)52(30-20-33-70)42-63(80)59(36-46(3)4)76-67(84)54(38-48-23-11-6-12-24-48)44-61(78)56(72)40-50-27-15-8-16-28-50/h5-16,21-28,45-46,51-59H,17-20,29-44,69-72H2,1-4H3,(H,73,81)(H,74,82)(H,75,83)(H,76,84)(H,85,86)/t51-,52-,53-,54-,55+,56+,57+,58+,59+/m0/s1. The Labute approximate surface area is 508 Å². The lowest BCUT2D eigenvalue weighted by Gasteiger charge is -2.26. The summed E-state index contributed by atoms with van der Waals surface area (Å²) in [6, 6.07) is 32.3. The summed E-state index contributed by atoms with van der Waals surface area (Å²) < 4.78 is 0. The van der Waals surface area contributed by atoms with Gasteiger partial charge in [0.2, 0.25) is 23.6 Å². The summed E-state index contributed by atoms with van der Waals surface area (Å²) >= 11 is 0. The van der Waals surface area contributed by atoms with Crippen LogP contribution in [-0.4, -0.2) is 108 Å². The number of ketones is 4. The maximum Gasteiger partial charge on any atom is 0.326 e. The van der Waals surface area contributed by atoms with Crippen molar-refractivity contribution in [2.24, 2.45) is 58.4 Å². The van der Waals surface area contributed by atoms with Gasteiger partial charge in [-0.05, 0) is 131 Å². The average Bonchev–Trinajstić information content (AvgIpc) is 3.62. The second-order valence-electron chi connectivity index (χ2n) is 23.9. The summed E-state index contributed by atoms with van der Waals surface area (Å²) in [5.74, 6) is -8.09. The Morgan fingerprint density at radius 1 is 0.395 bits per heavy atom. The Morgan fingerprint density at radius 3 is 1.07 bits per heavy atom. The van der Waals surface area contributed by atoms with Crippen LogP contribution in [0, 0.1) is 35.5 Å². The normalized spacial score (nSPS) is 14.5. The van der Waals surface area contributed by atoms with E-state index in [0.717, 1.165) is 22.3 Å². The van der Waals surface area contributed by atoms with Gasteiger partial charge < -0.3 is 49.3 Å². The number of carbonyl (C=O) groups excluding carboxylic acids is 8. The number of benzene rings is 4. The number of nitrogens with two attached hydrogens (primary N) is 4. The zero-order chi connectivity index (χ0) is 63.0. The van der Waals surface area contributed by atoms with Gasteiger partial charge in [0.25, 0.3) is 0 Å².